The molecular weight excluding hydrogens is 286 g/mol. The summed E-state index contributed by atoms with van der Waals surface area (Å²) in [4.78, 5) is 8.31. The molecule has 0 aliphatic carbocycles. The number of nitrogens with zero attached hydrogens (tertiary/aromatic N) is 5. The molecule has 7 nitrogen and oxygen atoms in total. The van der Waals surface area contributed by atoms with Gasteiger partial charge in [-0.2, -0.15) is 10.1 Å². The maximum Gasteiger partial charge on any atom is 0.243 e. The van der Waals surface area contributed by atoms with Gasteiger partial charge in [-0.05, 0) is 28.1 Å². The first-order valence-corrected chi connectivity index (χ1v) is 5.70. The normalized spacial score (nSPS) is 10.9. The van der Waals surface area contributed by atoms with Gasteiger partial charge in [-0.15, -0.1) is 5.10 Å². The van der Waals surface area contributed by atoms with E-state index < -0.39 is 0 Å². The summed E-state index contributed by atoms with van der Waals surface area (Å²) in [5.41, 5.74) is 0.785. The first-order chi connectivity index (χ1) is 8.31. The number of rotatable bonds is 3. The minimum Gasteiger partial charge on any atom is -0.346 e. The quantitative estimate of drug-likeness (QED) is 0.759. The first-order valence-electron chi connectivity index (χ1n) is 4.91. The molecule has 0 unspecified atom stereocenters. The number of hydrogen-bond acceptors (Lipinski definition) is 5. The Labute approximate surface area is 104 Å². The second-order valence-electron chi connectivity index (χ2n) is 3.37. The Morgan fingerprint density at radius 2 is 2.35 bits per heavy atom. The number of halogens is 1. The van der Waals surface area contributed by atoms with E-state index in [2.05, 4.69) is 46.5 Å². The van der Waals surface area contributed by atoms with Gasteiger partial charge in [0.15, 0.2) is 5.65 Å². The third kappa shape index (κ3) is 2.11. The van der Waals surface area contributed by atoms with Crippen LogP contribution in [0, 0.1) is 0 Å². The van der Waals surface area contributed by atoms with Gasteiger partial charge in [0.2, 0.25) is 5.95 Å². The lowest BCUT2D eigenvalue weighted by Crippen LogP contribution is -2.02. The van der Waals surface area contributed by atoms with Crippen molar-refractivity contribution in [2.45, 2.75) is 6.54 Å². The van der Waals surface area contributed by atoms with E-state index in [1.165, 1.54) is 6.33 Å². The van der Waals surface area contributed by atoms with Crippen LogP contribution in [-0.2, 0) is 6.54 Å². The molecule has 0 aromatic carbocycles. The van der Waals surface area contributed by atoms with E-state index in [9.17, 15) is 0 Å². The average Bonchev–Trinajstić information content (AvgIpc) is 2.94. The number of anilines is 1. The number of H-pyrrole nitrogens is 1. The van der Waals surface area contributed by atoms with Crippen LogP contribution in [0.2, 0.25) is 0 Å². The van der Waals surface area contributed by atoms with E-state index in [-0.39, 0.29) is 0 Å². The SMILES string of the molecule is Brc1ccc2nc(NCc3ncn[nH]3)nn2c1. The fourth-order valence-corrected chi connectivity index (χ4v) is 1.74. The molecule has 0 atom stereocenters. The smallest absolute Gasteiger partial charge is 0.243 e. The minimum atomic E-state index is 0.512. The molecule has 0 spiro atoms. The molecule has 0 bridgehead atoms. The van der Waals surface area contributed by atoms with E-state index in [4.69, 9.17) is 0 Å². The van der Waals surface area contributed by atoms with Crippen molar-refractivity contribution in [3.63, 3.8) is 0 Å². The van der Waals surface area contributed by atoms with Crippen LogP contribution in [0.1, 0.15) is 5.82 Å². The summed E-state index contributed by atoms with van der Waals surface area (Å²) in [7, 11) is 0. The fourth-order valence-electron chi connectivity index (χ4n) is 1.41. The second-order valence-corrected chi connectivity index (χ2v) is 4.29. The molecule has 3 heterocycles. The summed E-state index contributed by atoms with van der Waals surface area (Å²) in [6.07, 6.45) is 3.31. The molecule has 86 valence electrons. The molecule has 3 aromatic heterocycles. The van der Waals surface area contributed by atoms with Gasteiger partial charge in [-0.3, -0.25) is 5.10 Å². The number of nitrogens with one attached hydrogen (secondary N) is 2. The van der Waals surface area contributed by atoms with Crippen LogP contribution in [-0.4, -0.2) is 29.8 Å². The highest BCUT2D eigenvalue weighted by molar-refractivity contribution is 9.10. The summed E-state index contributed by atoms with van der Waals surface area (Å²) in [6.45, 7) is 0.512. The van der Waals surface area contributed by atoms with Gasteiger partial charge < -0.3 is 5.32 Å². The van der Waals surface area contributed by atoms with Gasteiger partial charge in [0, 0.05) is 10.7 Å². The van der Waals surface area contributed by atoms with Crippen LogP contribution in [0.4, 0.5) is 5.95 Å². The van der Waals surface area contributed by atoms with E-state index in [1.54, 1.807) is 4.52 Å². The number of aromatic nitrogens is 6. The summed E-state index contributed by atoms with van der Waals surface area (Å²) in [5, 5.41) is 13.9. The second kappa shape index (κ2) is 4.13. The highest BCUT2D eigenvalue weighted by Crippen LogP contribution is 2.12. The van der Waals surface area contributed by atoms with Gasteiger partial charge in [0.05, 0.1) is 6.54 Å². The lowest BCUT2D eigenvalue weighted by Gasteiger charge is -1.95. The number of hydrogen-bond donors (Lipinski definition) is 2. The third-order valence-electron chi connectivity index (χ3n) is 2.17. The van der Waals surface area contributed by atoms with Crippen LogP contribution in [0.15, 0.2) is 29.1 Å². The van der Waals surface area contributed by atoms with Gasteiger partial charge in [0.25, 0.3) is 0 Å². The van der Waals surface area contributed by atoms with E-state index >= 15 is 0 Å². The van der Waals surface area contributed by atoms with Crippen molar-refractivity contribution in [2.24, 2.45) is 0 Å². The molecule has 0 saturated heterocycles. The molecule has 0 fully saturated rings. The Bertz CT molecular complexity index is 630. The molecule has 0 amide bonds. The Kier molecular flexibility index (Phi) is 2.48. The molecule has 3 rings (SSSR count). The molecule has 0 aliphatic rings. The summed E-state index contributed by atoms with van der Waals surface area (Å²) in [5.74, 6) is 1.30. The van der Waals surface area contributed by atoms with E-state index in [0.717, 1.165) is 15.9 Å². The van der Waals surface area contributed by atoms with E-state index in [1.807, 2.05) is 18.3 Å². The Morgan fingerprint density at radius 1 is 1.41 bits per heavy atom. The number of fused-ring (bicyclic) bond motifs is 1. The highest BCUT2D eigenvalue weighted by Gasteiger charge is 2.03. The minimum absolute atomic E-state index is 0.512. The zero-order valence-electron chi connectivity index (χ0n) is 8.63. The van der Waals surface area contributed by atoms with Crippen LogP contribution in [0.5, 0.6) is 0 Å². The lowest BCUT2D eigenvalue weighted by molar-refractivity contribution is 0.915. The van der Waals surface area contributed by atoms with E-state index in [0.29, 0.717) is 12.5 Å². The fraction of sp³-hybridized carbons (Fsp3) is 0.111. The summed E-state index contributed by atoms with van der Waals surface area (Å²) in [6, 6.07) is 3.81. The van der Waals surface area contributed by atoms with Gasteiger partial charge in [-0.1, -0.05) is 0 Å². The topological polar surface area (TPSA) is 83.8 Å². The van der Waals surface area contributed by atoms with Crippen molar-refractivity contribution in [1.82, 2.24) is 29.8 Å². The standard InChI is InChI=1S/C9H8BrN7/c10-6-1-2-8-14-9(16-17(8)4-6)11-3-7-12-5-13-15-7/h1-2,4-5H,3H2,(H,11,16)(H,12,13,15). The maximum atomic E-state index is 4.31. The van der Waals surface area contributed by atoms with Crippen molar-refractivity contribution in [1.29, 1.82) is 0 Å². The van der Waals surface area contributed by atoms with Crippen LogP contribution in [0.3, 0.4) is 0 Å². The highest BCUT2D eigenvalue weighted by atomic mass is 79.9. The predicted octanol–water partition coefficient (Wildman–Crippen LogP) is 1.22. The van der Waals surface area contributed by atoms with Crippen molar-refractivity contribution >= 4 is 27.5 Å². The Morgan fingerprint density at radius 3 is 3.18 bits per heavy atom. The monoisotopic (exact) mass is 293 g/mol. The Hall–Kier alpha value is -1.96. The van der Waals surface area contributed by atoms with Crippen LogP contribution < -0.4 is 5.32 Å². The molecule has 2 N–H and O–H groups in total. The van der Waals surface area contributed by atoms with Crippen molar-refractivity contribution in [3.05, 3.63) is 35.0 Å². The number of aromatic amines is 1. The maximum absolute atomic E-state index is 4.31. The zero-order chi connectivity index (χ0) is 11.7. The van der Waals surface area contributed by atoms with Gasteiger partial charge in [0.1, 0.15) is 12.2 Å². The molecule has 0 aliphatic heterocycles. The molecule has 0 radical (unpaired) electrons. The first kappa shape index (κ1) is 10.2. The molecule has 8 heteroatoms. The summed E-state index contributed by atoms with van der Waals surface area (Å²) < 4.78 is 2.66. The largest absolute Gasteiger partial charge is 0.346 e. The molecule has 17 heavy (non-hydrogen) atoms. The predicted molar refractivity (Wildman–Crippen MR) is 64.4 cm³/mol. The zero-order valence-corrected chi connectivity index (χ0v) is 10.2. The average molecular weight is 294 g/mol. The number of pyridine rings is 1. The van der Waals surface area contributed by atoms with Crippen LogP contribution in [0.25, 0.3) is 5.65 Å². The van der Waals surface area contributed by atoms with Crippen molar-refractivity contribution in [3.8, 4) is 0 Å². The molecular formula is C9H8BrN7. The van der Waals surface area contributed by atoms with Crippen molar-refractivity contribution in [2.75, 3.05) is 5.32 Å². The van der Waals surface area contributed by atoms with Crippen molar-refractivity contribution < 1.29 is 0 Å². The lowest BCUT2D eigenvalue weighted by atomic mass is 10.5. The summed E-state index contributed by atoms with van der Waals surface area (Å²) >= 11 is 3.38. The Balaban J connectivity index is 1.81. The van der Waals surface area contributed by atoms with Crippen LogP contribution >= 0.6 is 15.9 Å². The molecule has 3 aromatic rings. The molecule has 0 saturated carbocycles. The van der Waals surface area contributed by atoms with Gasteiger partial charge in [-0.25, -0.2) is 9.50 Å². The third-order valence-corrected chi connectivity index (χ3v) is 2.64. The van der Waals surface area contributed by atoms with Gasteiger partial charge >= 0.3 is 0 Å².